The van der Waals surface area contributed by atoms with E-state index in [9.17, 15) is 13.2 Å². The van der Waals surface area contributed by atoms with Crippen LogP contribution in [0.4, 0.5) is 13.2 Å². The smallest absolute Gasteiger partial charge is 0.191 e. The number of hydrogen-bond acceptors (Lipinski definition) is 2. The molecule has 2 nitrogen and oxygen atoms in total. The lowest BCUT2D eigenvalue weighted by Gasteiger charge is -2.28. The highest BCUT2D eigenvalue weighted by molar-refractivity contribution is 4.81. The van der Waals surface area contributed by atoms with Gasteiger partial charge in [0.15, 0.2) is 0 Å². The molecule has 0 saturated heterocycles. The number of azo groups is 1. The molecule has 0 aliphatic heterocycles. The summed E-state index contributed by atoms with van der Waals surface area (Å²) >= 11 is 0. The first kappa shape index (κ1) is 13.8. The molecule has 0 aromatic carbocycles. The molecule has 0 aromatic rings. The average Bonchev–Trinajstić information content (AvgIpc) is 2.37. The van der Waals surface area contributed by atoms with Crippen LogP contribution < -0.4 is 0 Å². The van der Waals surface area contributed by atoms with Gasteiger partial charge in [-0.25, -0.2) is 0 Å². The van der Waals surface area contributed by atoms with Gasteiger partial charge in [-0.15, -0.1) is 0 Å². The van der Waals surface area contributed by atoms with Crippen molar-refractivity contribution >= 4 is 0 Å². The molecule has 0 spiro atoms. The Hall–Kier alpha value is -0.610. The van der Waals surface area contributed by atoms with Crippen LogP contribution in [0.2, 0.25) is 0 Å². The zero-order valence-electron chi connectivity index (χ0n) is 10.6. The Bertz CT molecular complexity index is 282. The summed E-state index contributed by atoms with van der Waals surface area (Å²) in [6.07, 6.45) is 3.46. The number of hydrogen-bond donors (Lipinski definition) is 0. The molecule has 0 bridgehead atoms. The Morgan fingerprint density at radius 3 is 2.00 bits per heavy atom. The third-order valence-corrected chi connectivity index (χ3v) is 4.08. The molecule has 2 unspecified atom stereocenters. The van der Waals surface area contributed by atoms with Gasteiger partial charge in [0.1, 0.15) is 0 Å². The van der Waals surface area contributed by atoms with Crippen molar-refractivity contribution < 1.29 is 13.2 Å². The number of halogens is 3. The summed E-state index contributed by atoms with van der Waals surface area (Å²) in [6, 6.07) is 0.0670. The predicted octanol–water partition coefficient (Wildman–Crippen LogP) is 4.89. The maximum Gasteiger partial charge on any atom is 0.391 e. The minimum Gasteiger partial charge on any atom is -0.191 e. The number of nitrogens with zero attached hydrogens (tertiary/aromatic N) is 2. The van der Waals surface area contributed by atoms with Crippen molar-refractivity contribution in [3.8, 4) is 0 Å². The SMILES string of the molecule is FC(F)(F)C1CCCC(N=NC2CCCCC2)C1. The second kappa shape index (κ2) is 6.02. The first-order valence-electron chi connectivity index (χ1n) is 7.02. The van der Waals surface area contributed by atoms with E-state index in [0.29, 0.717) is 6.42 Å². The quantitative estimate of drug-likeness (QED) is 0.633. The Kier molecular flexibility index (Phi) is 4.62. The highest BCUT2D eigenvalue weighted by Gasteiger charge is 2.42. The van der Waals surface area contributed by atoms with E-state index in [1.807, 2.05) is 0 Å². The number of alkyl halides is 3. The molecule has 2 saturated carbocycles. The van der Waals surface area contributed by atoms with E-state index < -0.39 is 12.1 Å². The van der Waals surface area contributed by atoms with Crippen LogP contribution in [0.25, 0.3) is 0 Å². The van der Waals surface area contributed by atoms with Gasteiger partial charge in [-0.1, -0.05) is 25.7 Å². The van der Waals surface area contributed by atoms with Crippen LogP contribution >= 0.6 is 0 Å². The molecule has 5 heteroatoms. The van der Waals surface area contributed by atoms with Crippen molar-refractivity contribution in [2.45, 2.75) is 76.0 Å². The van der Waals surface area contributed by atoms with Crippen LogP contribution in [-0.2, 0) is 0 Å². The highest BCUT2D eigenvalue weighted by Crippen LogP contribution is 2.38. The van der Waals surface area contributed by atoms with Gasteiger partial charge in [0.05, 0.1) is 18.0 Å². The molecule has 104 valence electrons. The molecule has 0 aromatic heterocycles. The summed E-state index contributed by atoms with van der Waals surface area (Å²) < 4.78 is 37.9. The molecular formula is C13H21F3N2. The molecule has 2 aliphatic carbocycles. The molecule has 0 radical (unpaired) electrons. The summed E-state index contributed by atoms with van der Waals surface area (Å²) in [5.41, 5.74) is 0. The molecule has 0 heterocycles. The average molecular weight is 262 g/mol. The normalized spacial score (nSPS) is 31.9. The van der Waals surface area contributed by atoms with Gasteiger partial charge in [-0.3, -0.25) is 0 Å². The van der Waals surface area contributed by atoms with Crippen LogP contribution in [0.1, 0.15) is 57.8 Å². The van der Waals surface area contributed by atoms with Gasteiger partial charge < -0.3 is 0 Å². The van der Waals surface area contributed by atoms with Crippen molar-refractivity contribution in [2.75, 3.05) is 0 Å². The third kappa shape index (κ3) is 3.95. The molecule has 18 heavy (non-hydrogen) atoms. The van der Waals surface area contributed by atoms with Crippen LogP contribution in [0.3, 0.4) is 0 Å². The zero-order chi connectivity index (χ0) is 13.0. The van der Waals surface area contributed by atoms with Gasteiger partial charge in [-0.2, -0.15) is 23.4 Å². The standard InChI is InChI=1S/C13H21F3N2/c14-13(15,16)10-5-4-8-12(9-10)18-17-11-6-2-1-3-7-11/h10-12H,1-9H2. The lowest BCUT2D eigenvalue weighted by Crippen LogP contribution is -2.30. The molecule has 2 atom stereocenters. The Morgan fingerprint density at radius 2 is 1.33 bits per heavy atom. The Balaban J connectivity index is 1.83. The highest BCUT2D eigenvalue weighted by atomic mass is 19.4. The topological polar surface area (TPSA) is 24.7 Å². The predicted molar refractivity (Wildman–Crippen MR) is 63.5 cm³/mol. The molecule has 2 aliphatic rings. The van der Waals surface area contributed by atoms with E-state index in [1.165, 1.54) is 19.3 Å². The molecule has 0 N–H and O–H groups in total. The lowest BCUT2D eigenvalue weighted by molar-refractivity contribution is -0.183. The van der Waals surface area contributed by atoms with Crippen molar-refractivity contribution in [3.63, 3.8) is 0 Å². The molecule has 2 rings (SSSR count). The van der Waals surface area contributed by atoms with Crippen molar-refractivity contribution in [1.82, 2.24) is 0 Å². The first-order valence-corrected chi connectivity index (χ1v) is 7.02. The summed E-state index contributed by atoms with van der Waals surface area (Å²) in [6.45, 7) is 0. The summed E-state index contributed by atoms with van der Waals surface area (Å²) in [4.78, 5) is 0. The van der Waals surface area contributed by atoms with Crippen molar-refractivity contribution in [3.05, 3.63) is 0 Å². The van der Waals surface area contributed by atoms with E-state index in [-0.39, 0.29) is 24.9 Å². The van der Waals surface area contributed by atoms with E-state index >= 15 is 0 Å². The summed E-state index contributed by atoms with van der Waals surface area (Å²) in [7, 11) is 0. The van der Waals surface area contributed by atoms with E-state index in [1.54, 1.807) is 0 Å². The fourth-order valence-corrected chi connectivity index (χ4v) is 2.95. The second-order valence-corrected chi connectivity index (χ2v) is 5.58. The molecule has 0 amide bonds. The summed E-state index contributed by atoms with van der Waals surface area (Å²) in [5, 5.41) is 8.48. The fraction of sp³-hybridized carbons (Fsp3) is 1.00. The van der Waals surface area contributed by atoms with Crippen molar-refractivity contribution in [2.24, 2.45) is 16.1 Å². The Morgan fingerprint density at radius 1 is 0.722 bits per heavy atom. The maximum atomic E-state index is 12.6. The minimum atomic E-state index is -4.06. The van der Waals surface area contributed by atoms with Gasteiger partial charge in [0.2, 0.25) is 0 Å². The van der Waals surface area contributed by atoms with Gasteiger partial charge in [-0.05, 0) is 32.1 Å². The summed E-state index contributed by atoms with van der Waals surface area (Å²) in [5.74, 6) is -1.17. The number of rotatable bonds is 2. The lowest BCUT2D eigenvalue weighted by atomic mass is 9.86. The largest absolute Gasteiger partial charge is 0.391 e. The van der Waals surface area contributed by atoms with Gasteiger partial charge >= 0.3 is 6.18 Å². The van der Waals surface area contributed by atoms with Crippen LogP contribution in [0.5, 0.6) is 0 Å². The van der Waals surface area contributed by atoms with Gasteiger partial charge in [0.25, 0.3) is 0 Å². The van der Waals surface area contributed by atoms with Crippen LogP contribution in [-0.4, -0.2) is 18.3 Å². The minimum absolute atomic E-state index is 0.139. The zero-order valence-corrected chi connectivity index (χ0v) is 10.6. The van der Waals surface area contributed by atoms with Gasteiger partial charge in [0, 0.05) is 0 Å². The van der Waals surface area contributed by atoms with Crippen LogP contribution in [0, 0.1) is 5.92 Å². The van der Waals surface area contributed by atoms with Crippen molar-refractivity contribution in [1.29, 1.82) is 0 Å². The van der Waals surface area contributed by atoms with E-state index in [2.05, 4.69) is 10.2 Å². The Labute approximate surface area is 106 Å². The maximum absolute atomic E-state index is 12.6. The first-order chi connectivity index (χ1) is 8.55. The second-order valence-electron chi connectivity index (χ2n) is 5.58. The third-order valence-electron chi connectivity index (χ3n) is 4.08. The molecule has 2 fully saturated rings. The van der Waals surface area contributed by atoms with E-state index in [4.69, 9.17) is 0 Å². The van der Waals surface area contributed by atoms with E-state index in [0.717, 1.165) is 19.3 Å². The fourth-order valence-electron chi connectivity index (χ4n) is 2.95. The van der Waals surface area contributed by atoms with Crippen LogP contribution in [0.15, 0.2) is 10.2 Å². The monoisotopic (exact) mass is 262 g/mol. The molecular weight excluding hydrogens is 241 g/mol.